The normalized spacial score (nSPS) is 16.7. The molecule has 0 bridgehead atoms. The Bertz CT molecular complexity index is 1430. The molecule has 0 amide bonds. The molecule has 2 fully saturated rings. The first-order valence-corrected chi connectivity index (χ1v) is 13.2. The summed E-state index contributed by atoms with van der Waals surface area (Å²) in [6.07, 6.45) is 4.77. The molecule has 0 radical (unpaired) electrons. The topological polar surface area (TPSA) is 45.7 Å². The summed E-state index contributed by atoms with van der Waals surface area (Å²) in [5.74, 6) is 0.615. The van der Waals surface area contributed by atoms with Crippen molar-refractivity contribution < 1.29 is 13.9 Å². The summed E-state index contributed by atoms with van der Waals surface area (Å²) in [5, 5.41) is 2.19. The van der Waals surface area contributed by atoms with E-state index in [-0.39, 0.29) is 12.4 Å². The van der Waals surface area contributed by atoms with Gasteiger partial charge in [0.25, 0.3) is 0 Å². The fraction of sp³-hybridized carbons (Fsp3) is 0.355. The van der Waals surface area contributed by atoms with Crippen molar-refractivity contribution in [2.45, 2.75) is 45.1 Å². The lowest BCUT2D eigenvalue weighted by molar-refractivity contribution is -0.147. The standard InChI is InChI=1S/C31H33N2O3/c1-22(35-30(34)19-23-9-3-2-4-10-23)31-26-13-11-24(32-15-5-6-16-32)20-28(26)36-29-21-25(12-14-27(29)31)33-17-7-8-18-33/h2-4,9-14,20-22H,5-8,15-19H2,1H3/q+1. The minimum atomic E-state index is -0.405. The molecule has 0 aromatic heterocycles. The van der Waals surface area contributed by atoms with Gasteiger partial charge < -0.3 is 14.1 Å². The summed E-state index contributed by atoms with van der Waals surface area (Å²) in [4.78, 5) is 15.3. The number of nitrogens with zero attached hydrogens (tertiary/aromatic N) is 2. The molecule has 2 aromatic rings. The summed E-state index contributed by atoms with van der Waals surface area (Å²) in [6.45, 7) is 6.30. The van der Waals surface area contributed by atoms with Gasteiger partial charge in [0.2, 0.25) is 5.36 Å². The maximum absolute atomic E-state index is 12.9. The van der Waals surface area contributed by atoms with Crippen LogP contribution in [0, 0.1) is 0 Å². The molecule has 4 aliphatic rings. The molecule has 1 unspecified atom stereocenters. The molecule has 2 saturated heterocycles. The van der Waals surface area contributed by atoms with Crippen molar-refractivity contribution in [1.29, 1.82) is 0 Å². The number of fused-ring (bicyclic) bond motifs is 2. The minimum Gasteiger partial charge on any atom is -0.457 e. The Morgan fingerprint density at radius 2 is 1.75 bits per heavy atom. The largest absolute Gasteiger partial charge is 0.457 e. The van der Waals surface area contributed by atoms with Crippen LogP contribution in [0.2, 0.25) is 0 Å². The van der Waals surface area contributed by atoms with Crippen LogP contribution >= 0.6 is 0 Å². The molecule has 6 rings (SSSR count). The predicted octanol–water partition coefficient (Wildman–Crippen LogP) is 5.55. The van der Waals surface area contributed by atoms with Crippen LogP contribution in [0.15, 0.2) is 71.1 Å². The third kappa shape index (κ3) is 4.50. The van der Waals surface area contributed by atoms with Crippen LogP contribution in [0.25, 0.3) is 22.3 Å². The lowest BCUT2D eigenvalue weighted by Crippen LogP contribution is -2.26. The van der Waals surface area contributed by atoms with E-state index in [1.165, 1.54) is 36.7 Å². The second kappa shape index (κ2) is 9.81. The number of carbonyl (C=O) groups is 1. The molecule has 5 nitrogen and oxygen atoms in total. The van der Waals surface area contributed by atoms with Crippen molar-refractivity contribution in [3.8, 4) is 11.3 Å². The molecule has 0 spiro atoms. The van der Waals surface area contributed by atoms with Crippen LogP contribution < -0.4 is 14.8 Å². The Morgan fingerprint density at radius 1 is 0.972 bits per heavy atom. The number of anilines is 1. The summed E-state index contributed by atoms with van der Waals surface area (Å²) in [7, 11) is 0. The van der Waals surface area contributed by atoms with Crippen LogP contribution in [0.5, 0.6) is 0 Å². The van der Waals surface area contributed by atoms with Crippen molar-refractivity contribution in [2.24, 2.45) is 0 Å². The fourth-order valence-electron chi connectivity index (χ4n) is 5.74. The van der Waals surface area contributed by atoms with Crippen molar-refractivity contribution in [3.05, 3.63) is 83.2 Å². The van der Waals surface area contributed by atoms with Crippen LogP contribution in [0.1, 0.15) is 49.8 Å². The molecule has 1 aliphatic carbocycles. The smallest absolute Gasteiger partial charge is 0.310 e. The Labute approximate surface area is 212 Å². The van der Waals surface area contributed by atoms with E-state index in [2.05, 4.69) is 45.9 Å². The monoisotopic (exact) mass is 481 g/mol. The summed E-state index contributed by atoms with van der Waals surface area (Å²) in [6, 6.07) is 22.7. The molecule has 0 N–H and O–H groups in total. The third-order valence-electron chi connectivity index (χ3n) is 7.58. The number of benzene rings is 3. The fourth-order valence-corrected chi connectivity index (χ4v) is 5.74. The van der Waals surface area contributed by atoms with E-state index in [1.54, 1.807) is 0 Å². The lowest BCUT2D eigenvalue weighted by Gasteiger charge is -2.22. The third-order valence-corrected chi connectivity index (χ3v) is 7.58. The quantitative estimate of drug-likeness (QED) is 0.213. The molecule has 3 aliphatic heterocycles. The van der Waals surface area contributed by atoms with E-state index in [9.17, 15) is 4.79 Å². The van der Waals surface area contributed by atoms with E-state index in [1.807, 2.05) is 37.3 Å². The van der Waals surface area contributed by atoms with Crippen LogP contribution in [-0.4, -0.2) is 32.1 Å². The predicted molar refractivity (Wildman–Crippen MR) is 143 cm³/mol. The molecular weight excluding hydrogens is 448 g/mol. The van der Waals surface area contributed by atoms with Gasteiger partial charge in [-0.25, -0.2) is 4.58 Å². The van der Waals surface area contributed by atoms with Gasteiger partial charge in [-0.2, -0.15) is 0 Å². The van der Waals surface area contributed by atoms with Crippen molar-refractivity contribution in [2.75, 3.05) is 31.1 Å². The molecule has 36 heavy (non-hydrogen) atoms. The number of hydrogen-bond donors (Lipinski definition) is 0. The number of hydrogen-bond acceptors (Lipinski definition) is 4. The maximum atomic E-state index is 12.9. The minimum absolute atomic E-state index is 0.224. The number of ether oxygens (including phenoxy) is 1. The van der Waals surface area contributed by atoms with Crippen LogP contribution in [0.3, 0.4) is 0 Å². The zero-order valence-corrected chi connectivity index (χ0v) is 20.9. The first kappa shape index (κ1) is 22.8. The first-order valence-electron chi connectivity index (χ1n) is 13.2. The van der Waals surface area contributed by atoms with E-state index >= 15 is 0 Å². The molecule has 0 saturated carbocycles. The summed E-state index contributed by atoms with van der Waals surface area (Å²) < 4.78 is 15.0. The zero-order chi connectivity index (χ0) is 24.5. The number of carbonyl (C=O) groups excluding carboxylic acids is 1. The molecule has 5 heteroatoms. The average Bonchev–Trinajstić information content (AvgIpc) is 3.62. The van der Waals surface area contributed by atoms with Crippen molar-refractivity contribution in [3.63, 3.8) is 0 Å². The van der Waals surface area contributed by atoms with Crippen LogP contribution in [0.4, 0.5) is 5.69 Å². The Kier molecular flexibility index (Phi) is 6.22. The van der Waals surface area contributed by atoms with Gasteiger partial charge in [0.15, 0.2) is 0 Å². The Morgan fingerprint density at radius 3 is 2.53 bits per heavy atom. The van der Waals surface area contributed by atoms with E-state index in [4.69, 9.17) is 9.15 Å². The Balaban J connectivity index is 1.43. The van der Waals surface area contributed by atoms with E-state index in [0.29, 0.717) is 0 Å². The molecule has 2 aromatic carbocycles. The molecule has 1 atom stereocenters. The average molecular weight is 482 g/mol. The van der Waals surface area contributed by atoms with Gasteiger partial charge in [0, 0.05) is 60.3 Å². The molecular formula is C31H33N2O3+. The molecule has 184 valence electrons. The van der Waals surface area contributed by atoms with E-state index in [0.717, 1.165) is 59.6 Å². The maximum Gasteiger partial charge on any atom is 0.310 e. The summed E-state index contributed by atoms with van der Waals surface area (Å²) in [5.41, 5.74) is 5.00. The second-order valence-corrected chi connectivity index (χ2v) is 10.1. The van der Waals surface area contributed by atoms with Gasteiger partial charge in [-0.05, 0) is 43.5 Å². The highest BCUT2D eigenvalue weighted by Crippen LogP contribution is 2.39. The van der Waals surface area contributed by atoms with Gasteiger partial charge >= 0.3 is 5.97 Å². The van der Waals surface area contributed by atoms with Gasteiger partial charge in [0.05, 0.1) is 12.5 Å². The van der Waals surface area contributed by atoms with Gasteiger partial charge in [-0.1, -0.05) is 30.3 Å². The Hall–Kier alpha value is -3.60. The van der Waals surface area contributed by atoms with Crippen molar-refractivity contribution in [1.82, 2.24) is 4.58 Å². The summed E-state index contributed by atoms with van der Waals surface area (Å²) >= 11 is 0. The highest BCUT2D eigenvalue weighted by Gasteiger charge is 2.25. The highest BCUT2D eigenvalue weighted by molar-refractivity contribution is 5.91. The second-order valence-electron chi connectivity index (χ2n) is 10.1. The number of esters is 1. The highest BCUT2D eigenvalue weighted by atomic mass is 16.5. The van der Waals surface area contributed by atoms with Gasteiger partial charge in [-0.3, -0.25) is 4.79 Å². The molecule has 3 heterocycles. The van der Waals surface area contributed by atoms with Gasteiger partial charge in [-0.15, -0.1) is 0 Å². The first-order chi connectivity index (χ1) is 17.7. The zero-order valence-electron chi connectivity index (χ0n) is 20.9. The van der Waals surface area contributed by atoms with Crippen LogP contribution in [-0.2, 0) is 16.0 Å². The lowest BCUT2D eigenvalue weighted by atomic mass is 9.95. The van der Waals surface area contributed by atoms with Gasteiger partial charge in [0.1, 0.15) is 30.5 Å². The van der Waals surface area contributed by atoms with Crippen molar-refractivity contribution >= 4 is 22.6 Å². The SMILES string of the molecule is CC(OC(=O)Cc1ccccc1)c1c2ccc(=[N+]3CCCC3)cc-2oc2cc(N3CCCC3)ccc12. The van der Waals surface area contributed by atoms with E-state index < -0.39 is 6.10 Å². The number of rotatable bonds is 5.